The molecule has 1 heterocycles. The van der Waals surface area contributed by atoms with Gasteiger partial charge in [0.1, 0.15) is 6.04 Å². The number of sulfonamides is 1. The quantitative estimate of drug-likeness (QED) is 0.693. The van der Waals surface area contributed by atoms with Gasteiger partial charge in [0.2, 0.25) is 0 Å². The zero-order valence-corrected chi connectivity index (χ0v) is 7.67. The lowest BCUT2D eigenvalue weighted by Crippen LogP contribution is -2.31. The molecule has 70 valence electrons. The Bertz CT molecular complexity index is 402. The van der Waals surface area contributed by atoms with E-state index < -0.39 is 16.1 Å². The molecule has 13 heavy (non-hydrogen) atoms. The van der Waals surface area contributed by atoms with Crippen LogP contribution in [0.3, 0.4) is 0 Å². The standard InChI is InChI=1S/C6H8N4O2S/c1-5(2-7)10-13(11,12)6-3-8-4-9-6/h3-5,10H,1H3,(H,8,9). The van der Waals surface area contributed by atoms with Crippen LogP contribution in [0.4, 0.5) is 0 Å². The fourth-order valence-corrected chi connectivity index (χ4v) is 1.77. The lowest BCUT2D eigenvalue weighted by atomic mass is 10.4. The van der Waals surface area contributed by atoms with Gasteiger partial charge in [0.05, 0.1) is 18.6 Å². The minimum atomic E-state index is -3.62. The van der Waals surface area contributed by atoms with Crippen molar-refractivity contribution in [1.29, 1.82) is 5.26 Å². The molecule has 1 aromatic rings. The molecule has 0 aliphatic carbocycles. The minimum Gasteiger partial charge on any atom is -0.335 e. The Morgan fingerprint density at radius 1 is 1.77 bits per heavy atom. The first-order valence-electron chi connectivity index (χ1n) is 3.46. The molecule has 0 saturated carbocycles. The molecular weight excluding hydrogens is 192 g/mol. The van der Waals surface area contributed by atoms with E-state index in [2.05, 4.69) is 14.7 Å². The number of nitriles is 1. The van der Waals surface area contributed by atoms with Crippen molar-refractivity contribution in [3.8, 4) is 6.07 Å². The average Bonchev–Trinajstić information content (AvgIpc) is 2.55. The zero-order chi connectivity index (χ0) is 9.90. The highest BCUT2D eigenvalue weighted by Crippen LogP contribution is 2.02. The normalized spacial score (nSPS) is 13.5. The van der Waals surface area contributed by atoms with Gasteiger partial charge in [-0.15, -0.1) is 0 Å². The molecule has 0 bridgehead atoms. The molecule has 2 N–H and O–H groups in total. The third kappa shape index (κ3) is 2.27. The maximum absolute atomic E-state index is 11.3. The number of aromatic nitrogens is 2. The lowest BCUT2D eigenvalue weighted by Gasteiger charge is -2.04. The number of aromatic amines is 1. The van der Waals surface area contributed by atoms with Gasteiger partial charge in [-0.25, -0.2) is 13.4 Å². The van der Waals surface area contributed by atoms with Crippen LogP contribution in [-0.4, -0.2) is 24.4 Å². The van der Waals surface area contributed by atoms with Crippen molar-refractivity contribution in [3.05, 3.63) is 12.5 Å². The third-order valence-electron chi connectivity index (χ3n) is 1.29. The smallest absolute Gasteiger partial charge is 0.258 e. The van der Waals surface area contributed by atoms with Crippen LogP contribution in [0.1, 0.15) is 6.92 Å². The topological polar surface area (TPSA) is 98.6 Å². The van der Waals surface area contributed by atoms with E-state index in [1.54, 1.807) is 6.07 Å². The molecule has 0 radical (unpaired) electrons. The van der Waals surface area contributed by atoms with Gasteiger partial charge in [0.15, 0.2) is 5.03 Å². The molecule has 0 amide bonds. The summed E-state index contributed by atoms with van der Waals surface area (Å²) in [5, 5.41) is 8.35. The first kappa shape index (κ1) is 9.70. The molecule has 0 spiro atoms. The molecule has 0 fully saturated rings. The maximum Gasteiger partial charge on any atom is 0.258 e. The summed E-state index contributed by atoms with van der Waals surface area (Å²) >= 11 is 0. The molecule has 0 aliphatic heterocycles. The molecule has 1 atom stereocenters. The van der Waals surface area contributed by atoms with Gasteiger partial charge in [0, 0.05) is 0 Å². The highest BCUT2D eigenvalue weighted by molar-refractivity contribution is 7.89. The van der Waals surface area contributed by atoms with E-state index in [4.69, 9.17) is 5.26 Å². The summed E-state index contributed by atoms with van der Waals surface area (Å²) in [7, 11) is -3.62. The molecule has 7 heteroatoms. The Morgan fingerprint density at radius 2 is 2.46 bits per heavy atom. The van der Waals surface area contributed by atoms with Gasteiger partial charge in [-0.1, -0.05) is 0 Å². The van der Waals surface area contributed by atoms with E-state index in [0.29, 0.717) is 0 Å². The fraction of sp³-hybridized carbons (Fsp3) is 0.333. The van der Waals surface area contributed by atoms with E-state index in [1.807, 2.05) is 0 Å². The molecule has 0 aliphatic rings. The largest absolute Gasteiger partial charge is 0.335 e. The SMILES string of the molecule is CC(C#N)NS(=O)(=O)c1cnc[nH]1. The molecule has 0 saturated heterocycles. The Labute approximate surface area is 75.7 Å². The molecular formula is C6H8N4O2S. The highest BCUT2D eigenvalue weighted by atomic mass is 32.2. The first-order valence-corrected chi connectivity index (χ1v) is 4.95. The van der Waals surface area contributed by atoms with Crippen LogP contribution >= 0.6 is 0 Å². The van der Waals surface area contributed by atoms with E-state index in [9.17, 15) is 8.42 Å². The van der Waals surface area contributed by atoms with Crippen LogP contribution in [0.15, 0.2) is 17.6 Å². The number of hydrogen-bond acceptors (Lipinski definition) is 4. The van der Waals surface area contributed by atoms with Gasteiger partial charge >= 0.3 is 0 Å². The molecule has 0 aromatic carbocycles. The van der Waals surface area contributed by atoms with Crippen LogP contribution in [0.5, 0.6) is 0 Å². The molecule has 1 aromatic heterocycles. The van der Waals surface area contributed by atoms with Gasteiger partial charge in [-0.2, -0.15) is 9.98 Å². The van der Waals surface area contributed by atoms with E-state index in [0.717, 1.165) is 0 Å². The number of rotatable bonds is 3. The Morgan fingerprint density at radius 3 is 2.92 bits per heavy atom. The summed E-state index contributed by atoms with van der Waals surface area (Å²) in [6, 6.07) is 1.00. The van der Waals surface area contributed by atoms with Gasteiger partial charge in [-0.05, 0) is 6.92 Å². The van der Waals surface area contributed by atoms with Crippen LogP contribution in [0, 0.1) is 11.3 Å². The third-order valence-corrected chi connectivity index (χ3v) is 2.75. The summed E-state index contributed by atoms with van der Waals surface area (Å²) in [5.74, 6) is 0. The Balaban J connectivity index is 2.87. The number of nitrogens with zero attached hydrogens (tertiary/aromatic N) is 2. The first-order chi connectivity index (χ1) is 6.06. The monoisotopic (exact) mass is 200 g/mol. The van der Waals surface area contributed by atoms with Crippen molar-refractivity contribution in [3.63, 3.8) is 0 Å². The van der Waals surface area contributed by atoms with Crippen molar-refractivity contribution < 1.29 is 8.42 Å². The van der Waals surface area contributed by atoms with Gasteiger partial charge in [-0.3, -0.25) is 0 Å². The lowest BCUT2D eigenvalue weighted by molar-refractivity contribution is 0.574. The summed E-state index contributed by atoms with van der Waals surface area (Å²) in [4.78, 5) is 6.00. The molecule has 1 unspecified atom stereocenters. The number of imidazole rings is 1. The van der Waals surface area contributed by atoms with Crippen molar-refractivity contribution in [1.82, 2.24) is 14.7 Å². The summed E-state index contributed by atoms with van der Waals surface area (Å²) in [6.07, 6.45) is 2.43. The average molecular weight is 200 g/mol. The second-order valence-corrected chi connectivity index (χ2v) is 4.07. The summed E-state index contributed by atoms with van der Waals surface area (Å²) in [5.41, 5.74) is 0. The predicted molar refractivity (Wildman–Crippen MR) is 44.0 cm³/mol. The van der Waals surface area contributed by atoms with Crippen LogP contribution in [0.2, 0.25) is 0 Å². The maximum atomic E-state index is 11.3. The minimum absolute atomic E-state index is 0.0467. The predicted octanol–water partition coefficient (Wildman–Crippen LogP) is -0.400. The number of H-pyrrole nitrogens is 1. The van der Waals surface area contributed by atoms with E-state index in [1.165, 1.54) is 19.4 Å². The second-order valence-electron chi connectivity index (χ2n) is 2.39. The second kappa shape index (κ2) is 3.55. The summed E-state index contributed by atoms with van der Waals surface area (Å²) < 4.78 is 24.8. The van der Waals surface area contributed by atoms with Crippen molar-refractivity contribution in [2.45, 2.75) is 18.0 Å². The van der Waals surface area contributed by atoms with Gasteiger partial charge < -0.3 is 4.98 Å². The van der Waals surface area contributed by atoms with Crippen LogP contribution in [0.25, 0.3) is 0 Å². The van der Waals surface area contributed by atoms with E-state index in [-0.39, 0.29) is 5.03 Å². The van der Waals surface area contributed by atoms with Crippen molar-refractivity contribution in [2.24, 2.45) is 0 Å². The van der Waals surface area contributed by atoms with Crippen molar-refractivity contribution >= 4 is 10.0 Å². The fourth-order valence-electron chi connectivity index (χ4n) is 0.713. The van der Waals surface area contributed by atoms with Crippen LogP contribution < -0.4 is 4.72 Å². The number of hydrogen-bond donors (Lipinski definition) is 2. The Hall–Kier alpha value is -1.39. The number of nitrogens with one attached hydrogen (secondary N) is 2. The Kier molecular flexibility index (Phi) is 2.65. The van der Waals surface area contributed by atoms with Gasteiger partial charge in [0.25, 0.3) is 10.0 Å². The van der Waals surface area contributed by atoms with E-state index >= 15 is 0 Å². The summed E-state index contributed by atoms with van der Waals surface area (Å²) in [6.45, 7) is 1.45. The molecule has 1 rings (SSSR count). The highest BCUT2D eigenvalue weighted by Gasteiger charge is 2.17. The van der Waals surface area contributed by atoms with Crippen LogP contribution in [-0.2, 0) is 10.0 Å². The molecule has 6 nitrogen and oxygen atoms in total. The van der Waals surface area contributed by atoms with Crippen molar-refractivity contribution in [2.75, 3.05) is 0 Å². The zero-order valence-electron chi connectivity index (χ0n) is 6.85.